The smallest absolute Gasteiger partial charge is 0.240 e. The summed E-state index contributed by atoms with van der Waals surface area (Å²) in [6.45, 7) is 5.06. The van der Waals surface area contributed by atoms with E-state index in [0.29, 0.717) is 25.9 Å². The van der Waals surface area contributed by atoms with Crippen LogP contribution in [-0.4, -0.2) is 70.5 Å². The van der Waals surface area contributed by atoms with Crippen LogP contribution in [-0.2, 0) is 14.8 Å². The van der Waals surface area contributed by atoms with Crippen LogP contribution in [0.2, 0.25) is 0 Å². The molecule has 0 bridgehead atoms. The zero-order valence-electron chi connectivity index (χ0n) is 19.5. The molecule has 2 aromatic rings. The van der Waals surface area contributed by atoms with Crippen LogP contribution in [0.1, 0.15) is 29.9 Å². The first-order valence-electron chi connectivity index (χ1n) is 11.5. The van der Waals surface area contributed by atoms with Crippen molar-refractivity contribution < 1.29 is 17.9 Å². The van der Waals surface area contributed by atoms with Crippen molar-refractivity contribution in [3.05, 3.63) is 59.7 Å². The molecule has 7 nitrogen and oxygen atoms in total. The normalized spacial score (nSPS) is 24.1. The van der Waals surface area contributed by atoms with E-state index in [-0.39, 0.29) is 28.7 Å². The minimum atomic E-state index is -3.66. The van der Waals surface area contributed by atoms with Gasteiger partial charge in [0, 0.05) is 38.1 Å². The molecule has 1 aliphatic heterocycles. The van der Waals surface area contributed by atoms with Crippen molar-refractivity contribution in [1.82, 2.24) is 14.5 Å². The van der Waals surface area contributed by atoms with Gasteiger partial charge in [0.05, 0.1) is 12.0 Å². The van der Waals surface area contributed by atoms with E-state index in [1.54, 1.807) is 31.4 Å². The quantitative estimate of drug-likeness (QED) is 0.701. The van der Waals surface area contributed by atoms with Gasteiger partial charge in [-0.05, 0) is 62.6 Å². The molecule has 3 atom stereocenters. The van der Waals surface area contributed by atoms with E-state index >= 15 is 0 Å². The van der Waals surface area contributed by atoms with E-state index in [2.05, 4.69) is 16.7 Å². The van der Waals surface area contributed by atoms with Gasteiger partial charge in [0.25, 0.3) is 0 Å². The van der Waals surface area contributed by atoms with Crippen LogP contribution in [0.3, 0.4) is 0 Å². The fourth-order valence-electron chi connectivity index (χ4n) is 4.89. The second kappa shape index (κ2) is 9.83. The lowest BCUT2D eigenvalue weighted by Gasteiger charge is -2.35. The summed E-state index contributed by atoms with van der Waals surface area (Å²) in [5.74, 6) is 0.581. The molecule has 4 rings (SSSR count). The third kappa shape index (κ3) is 5.39. The van der Waals surface area contributed by atoms with Crippen LogP contribution in [0.15, 0.2) is 53.4 Å². The second-order valence-corrected chi connectivity index (χ2v) is 10.9. The van der Waals surface area contributed by atoms with Gasteiger partial charge in [-0.2, -0.15) is 0 Å². The number of aryl methyl sites for hydroxylation is 1. The molecule has 8 heteroatoms. The van der Waals surface area contributed by atoms with Crippen LogP contribution in [0.5, 0.6) is 5.75 Å². The Kier molecular flexibility index (Phi) is 7.07. The van der Waals surface area contributed by atoms with Crippen LogP contribution in [0, 0.1) is 12.8 Å². The highest BCUT2D eigenvalue weighted by atomic mass is 32.2. The first-order valence-corrected chi connectivity index (χ1v) is 13.0. The van der Waals surface area contributed by atoms with Crippen LogP contribution in [0.25, 0.3) is 0 Å². The highest BCUT2D eigenvalue weighted by Crippen LogP contribution is 2.42. The van der Waals surface area contributed by atoms with E-state index in [9.17, 15) is 13.2 Å². The van der Waals surface area contributed by atoms with Gasteiger partial charge in [-0.1, -0.05) is 29.8 Å². The molecule has 33 heavy (non-hydrogen) atoms. The molecule has 2 fully saturated rings. The number of piperazine rings is 1. The van der Waals surface area contributed by atoms with E-state index in [4.69, 9.17) is 4.74 Å². The Labute approximate surface area is 196 Å². The molecule has 2 aromatic carbocycles. The fraction of sp³-hybridized carbons (Fsp3) is 0.480. The van der Waals surface area contributed by atoms with Gasteiger partial charge in [0.2, 0.25) is 15.9 Å². The molecule has 1 N–H and O–H groups in total. The molecular formula is C25H33N3O4S. The number of carbonyl (C=O) groups is 1. The number of hydrogen-bond donors (Lipinski definition) is 1. The number of carbonyl (C=O) groups excluding carboxylic acids is 1. The predicted octanol–water partition coefficient (Wildman–Crippen LogP) is 2.62. The zero-order chi connectivity index (χ0) is 23.6. The number of nitrogens with one attached hydrogen (secondary N) is 1. The summed E-state index contributed by atoms with van der Waals surface area (Å²) < 4.78 is 34.2. The summed E-state index contributed by atoms with van der Waals surface area (Å²) in [4.78, 5) is 18.0. The molecule has 0 spiro atoms. The van der Waals surface area contributed by atoms with E-state index in [1.807, 2.05) is 36.1 Å². The summed E-state index contributed by atoms with van der Waals surface area (Å²) in [6, 6.07) is 14.3. The number of amides is 1. The minimum absolute atomic E-state index is 0.0474. The summed E-state index contributed by atoms with van der Waals surface area (Å²) in [5.41, 5.74) is 2.05. The Morgan fingerprint density at radius 3 is 2.21 bits per heavy atom. The maximum Gasteiger partial charge on any atom is 0.240 e. The Bertz CT molecular complexity index is 1060. The standard InChI is InChI=1S/C25H33N3O4S/c1-18-4-10-22(11-5-18)33(30,31)26-20-16-23(19-6-8-21(32-3)9-7-19)24(17-20)25(29)28-14-12-27(2)13-15-28/h4-11,20,23-24,26H,12-17H2,1-3H3/t20-,23+,24-/m0/s1. The topological polar surface area (TPSA) is 78.9 Å². The van der Waals surface area contributed by atoms with Gasteiger partial charge in [0.15, 0.2) is 0 Å². The highest BCUT2D eigenvalue weighted by molar-refractivity contribution is 7.89. The van der Waals surface area contributed by atoms with Gasteiger partial charge < -0.3 is 14.5 Å². The van der Waals surface area contributed by atoms with Crippen LogP contribution >= 0.6 is 0 Å². The molecule has 178 valence electrons. The fourth-order valence-corrected chi connectivity index (χ4v) is 6.15. The highest BCUT2D eigenvalue weighted by Gasteiger charge is 2.43. The van der Waals surface area contributed by atoms with Gasteiger partial charge in [-0.25, -0.2) is 13.1 Å². The van der Waals surface area contributed by atoms with Crippen LogP contribution in [0.4, 0.5) is 0 Å². The number of likely N-dealkylation sites (N-methyl/N-ethyl adjacent to an activating group) is 1. The first-order chi connectivity index (χ1) is 15.8. The summed E-state index contributed by atoms with van der Waals surface area (Å²) in [7, 11) is 0.0285. The first kappa shape index (κ1) is 23.7. The number of benzene rings is 2. The van der Waals surface area contributed by atoms with E-state index < -0.39 is 10.0 Å². The molecule has 1 heterocycles. The SMILES string of the molecule is COc1ccc([C@H]2C[C@H](NS(=O)(=O)c3ccc(C)cc3)C[C@@H]2C(=O)N2CCN(C)CC2)cc1. The number of ether oxygens (including phenoxy) is 1. The Hall–Kier alpha value is -2.42. The zero-order valence-corrected chi connectivity index (χ0v) is 20.3. The van der Waals surface area contributed by atoms with Gasteiger partial charge in [-0.15, -0.1) is 0 Å². The Balaban J connectivity index is 1.56. The van der Waals surface area contributed by atoms with Gasteiger partial charge in [-0.3, -0.25) is 4.79 Å². The van der Waals surface area contributed by atoms with E-state index in [0.717, 1.165) is 30.0 Å². The average Bonchev–Trinajstić information content (AvgIpc) is 3.22. The monoisotopic (exact) mass is 471 g/mol. The Morgan fingerprint density at radius 1 is 0.970 bits per heavy atom. The number of methoxy groups -OCH3 is 1. The maximum atomic E-state index is 13.5. The number of sulfonamides is 1. The third-order valence-electron chi connectivity index (χ3n) is 6.89. The van der Waals surface area contributed by atoms with E-state index in [1.165, 1.54) is 0 Å². The minimum Gasteiger partial charge on any atom is -0.497 e. The van der Waals surface area contributed by atoms with Gasteiger partial charge >= 0.3 is 0 Å². The summed E-state index contributed by atoms with van der Waals surface area (Å²) in [5, 5.41) is 0. The molecule has 1 aliphatic carbocycles. The Morgan fingerprint density at radius 2 is 1.61 bits per heavy atom. The van der Waals surface area contributed by atoms with Crippen molar-refractivity contribution in [3.63, 3.8) is 0 Å². The largest absolute Gasteiger partial charge is 0.497 e. The van der Waals surface area contributed by atoms with Gasteiger partial charge in [0.1, 0.15) is 5.75 Å². The van der Waals surface area contributed by atoms with Crippen LogP contribution < -0.4 is 9.46 Å². The molecule has 1 saturated heterocycles. The number of nitrogens with zero attached hydrogens (tertiary/aromatic N) is 2. The van der Waals surface area contributed by atoms with Crippen molar-refractivity contribution >= 4 is 15.9 Å². The van der Waals surface area contributed by atoms with Crippen molar-refractivity contribution in [2.45, 2.75) is 36.6 Å². The number of hydrogen-bond acceptors (Lipinski definition) is 5. The lowest BCUT2D eigenvalue weighted by Crippen LogP contribution is -2.49. The van der Waals surface area contributed by atoms with Crippen molar-refractivity contribution in [2.24, 2.45) is 5.92 Å². The molecule has 0 radical (unpaired) electrons. The second-order valence-electron chi connectivity index (χ2n) is 9.22. The van der Waals surface area contributed by atoms with Crippen molar-refractivity contribution in [1.29, 1.82) is 0 Å². The number of rotatable bonds is 6. The summed E-state index contributed by atoms with van der Waals surface area (Å²) >= 11 is 0. The molecular weight excluding hydrogens is 438 g/mol. The lowest BCUT2D eigenvalue weighted by atomic mass is 9.87. The lowest BCUT2D eigenvalue weighted by molar-refractivity contribution is -0.137. The molecule has 1 saturated carbocycles. The van der Waals surface area contributed by atoms with Crippen molar-refractivity contribution in [3.8, 4) is 5.75 Å². The molecule has 1 amide bonds. The molecule has 0 aromatic heterocycles. The van der Waals surface area contributed by atoms with Crippen molar-refractivity contribution in [2.75, 3.05) is 40.3 Å². The third-order valence-corrected chi connectivity index (χ3v) is 8.43. The predicted molar refractivity (Wildman–Crippen MR) is 128 cm³/mol. The average molecular weight is 472 g/mol. The summed E-state index contributed by atoms with van der Waals surface area (Å²) in [6.07, 6.45) is 1.08. The maximum absolute atomic E-state index is 13.5. The molecule has 0 unspecified atom stereocenters. The molecule has 2 aliphatic rings.